The smallest absolute Gasteiger partial charge is 0.332 e. The first-order valence-electron chi connectivity index (χ1n) is 9.96. The number of ether oxygens (including phenoxy) is 1. The van der Waals surface area contributed by atoms with Crippen molar-refractivity contribution in [3.8, 4) is 0 Å². The summed E-state index contributed by atoms with van der Waals surface area (Å²) in [5.74, 6) is -0.130. The van der Waals surface area contributed by atoms with Crippen LogP contribution in [0.1, 0.15) is 20.3 Å². The monoisotopic (exact) mass is 391 g/mol. The van der Waals surface area contributed by atoms with Crippen LogP contribution in [0.3, 0.4) is 0 Å². The Bertz CT molecular complexity index is 936. The minimum Gasteiger partial charge on any atom is -0.379 e. The summed E-state index contributed by atoms with van der Waals surface area (Å²) in [6.45, 7) is 9.41. The lowest BCUT2D eigenvalue weighted by Crippen LogP contribution is -2.40. The van der Waals surface area contributed by atoms with Crippen LogP contribution in [0.25, 0.3) is 11.0 Å². The Hall–Kier alpha value is -2.39. The number of carbonyl (C=O) groups is 1. The largest absolute Gasteiger partial charge is 0.379 e. The van der Waals surface area contributed by atoms with E-state index < -0.39 is 0 Å². The molecule has 0 aliphatic carbocycles. The van der Waals surface area contributed by atoms with Crippen molar-refractivity contribution in [2.75, 3.05) is 39.4 Å². The summed E-state index contributed by atoms with van der Waals surface area (Å²) in [4.78, 5) is 39.8. The molecule has 1 aliphatic rings. The summed E-state index contributed by atoms with van der Waals surface area (Å²) >= 11 is 0. The zero-order chi connectivity index (χ0) is 20.1. The van der Waals surface area contributed by atoms with Gasteiger partial charge in [0.05, 0.1) is 18.6 Å². The predicted molar refractivity (Wildman–Crippen MR) is 107 cm³/mol. The van der Waals surface area contributed by atoms with E-state index in [1.54, 1.807) is 28.3 Å². The van der Waals surface area contributed by atoms with E-state index in [0.717, 1.165) is 39.3 Å². The zero-order valence-electron chi connectivity index (χ0n) is 16.6. The molecule has 2 aromatic rings. The highest BCUT2D eigenvalue weighted by Gasteiger charge is 2.16. The summed E-state index contributed by atoms with van der Waals surface area (Å²) in [7, 11) is 0. The summed E-state index contributed by atoms with van der Waals surface area (Å²) < 4.78 is 9.78. The van der Waals surface area contributed by atoms with E-state index in [1.807, 2.05) is 6.92 Å². The van der Waals surface area contributed by atoms with Gasteiger partial charge >= 0.3 is 5.69 Å². The van der Waals surface area contributed by atoms with Crippen molar-refractivity contribution in [1.82, 2.24) is 23.9 Å². The van der Waals surface area contributed by atoms with Gasteiger partial charge in [0.25, 0.3) is 5.56 Å². The number of hydrogen-bond donors (Lipinski definition) is 1. The Labute approximate surface area is 163 Å². The van der Waals surface area contributed by atoms with Crippen LogP contribution < -0.4 is 16.6 Å². The number of nitrogens with zero attached hydrogens (tertiary/aromatic N) is 4. The van der Waals surface area contributed by atoms with Crippen LogP contribution in [0.15, 0.2) is 21.9 Å². The second-order valence-electron chi connectivity index (χ2n) is 6.91. The lowest BCUT2D eigenvalue weighted by molar-refractivity contribution is -0.121. The highest BCUT2D eigenvalue weighted by atomic mass is 16.5. The summed E-state index contributed by atoms with van der Waals surface area (Å²) in [5.41, 5.74) is -0.143. The van der Waals surface area contributed by atoms with Gasteiger partial charge in [-0.25, -0.2) is 4.79 Å². The van der Waals surface area contributed by atoms with Crippen molar-refractivity contribution in [1.29, 1.82) is 0 Å². The van der Waals surface area contributed by atoms with Gasteiger partial charge in [-0.3, -0.25) is 23.6 Å². The molecule has 1 fully saturated rings. The van der Waals surface area contributed by atoms with Gasteiger partial charge in [-0.1, -0.05) is 0 Å². The predicted octanol–water partition coefficient (Wildman–Crippen LogP) is -0.157. The summed E-state index contributed by atoms with van der Waals surface area (Å²) in [5, 5.41) is 3.39. The molecule has 0 bridgehead atoms. The fourth-order valence-corrected chi connectivity index (χ4v) is 3.66. The molecule has 0 unspecified atom stereocenters. The number of rotatable bonds is 8. The highest BCUT2D eigenvalue weighted by molar-refractivity contribution is 5.80. The minimum atomic E-state index is -0.339. The van der Waals surface area contributed by atoms with E-state index >= 15 is 0 Å². The van der Waals surface area contributed by atoms with Crippen LogP contribution in [0.4, 0.5) is 0 Å². The lowest BCUT2D eigenvalue weighted by atomic mass is 10.3. The first-order chi connectivity index (χ1) is 13.6. The van der Waals surface area contributed by atoms with Crippen LogP contribution in [-0.4, -0.2) is 63.9 Å². The molecule has 1 amide bonds. The van der Waals surface area contributed by atoms with Crippen molar-refractivity contribution in [2.45, 2.75) is 39.9 Å². The van der Waals surface area contributed by atoms with Crippen LogP contribution in [-0.2, 0) is 29.2 Å². The molecule has 3 rings (SSSR count). The number of fused-ring (bicyclic) bond motifs is 1. The summed E-state index contributed by atoms with van der Waals surface area (Å²) in [6, 6.07) is 1.68. The molecule has 154 valence electrons. The van der Waals surface area contributed by atoms with Gasteiger partial charge in [-0.15, -0.1) is 0 Å². The molecule has 9 heteroatoms. The van der Waals surface area contributed by atoms with Gasteiger partial charge in [0.15, 0.2) is 0 Å². The molecule has 0 atom stereocenters. The van der Waals surface area contributed by atoms with Crippen LogP contribution in [0, 0.1) is 0 Å². The van der Waals surface area contributed by atoms with Crippen LogP contribution in [0.5, 0.6) is 0 Å². The van der Waals surface area contributed by atoms with E-state index in [-0.39, 0.29) is 23.7 Å². The van der Waals surface area contributed by atoms with Crippen molar-refractivity contribution in [2.24, 2.45) is 0 Å². The van der Waals surface area contributed by atoms with Crippen LogP contribution in [0.2, 0.25) is 0 Å². The zero-order valence-corrected chi connectivity index (χ0v) is 16.6. The van der Waals surface area contributed by atoms with Gasteiger partial charge in [-0.05, 0) is 32.9 Å². The molecule has 0 spiro atoms. The molecule has 3 heterocycles. The normalized spacial score (nSPS) is 15.2. The molecule has 28 heavy (non-hydrogen) atoms. The van der Waals surface area contributed by atoms with Gasteiger partial charge in [-0.2, -0.15) is 0 Å². The Kier molecular flexibility index (Phi) is 6.69. The van der Waals surface area contributed by atoms with Crippen molar-refractivity contribution in [3.05, 3.63) is 33.1 Å². The molecule has 1 aliphatic heterocycles. The molecule has 9 nitrogen and oxygen atoms in total. The molecule has 1 N–H and O–H groups in total. The number of aryl methyl sites for hydroxylation is 1. The number of nitrogens with one attached hydrogen (secondary N) is 1. The Balaban J connectivity index is 1.66. The fourth-order valence-electron chi connectivity index (χ4n) is 3.66. The molecular formula is C19H29N5O4. The van der Waals surface area contributed by atoms with Crippen molar-refractivity contribution in [3.63, 3.8) is 0 Å². The van der Waals surface area contributed by atoms with Gasteiger partial charge in [0.1, 0.15) is 12.2 Å². The van der Waals surface area contributed by atoms with Gasteiger partial charge in [0, 0.05) is 38.9 Å². The average molecular weight is 391 g/mol. The second kappa shape index (κ2) is 9.20. The maximum absolute atomic E-state index is 12.6. The fraction of sp³-hybridized carbons (Fsp3) is 0.632. The van der Waals surface area contributed by atoms with Gasteiger partial charge in [0.2, 0.25) is 5.91 Å². The third kappa shape index (κ3) is 4.20. The molecule has 0 radical (unpaired) electrons. The first-order valence-corrected chi connectivity index (χ1v) is 9.96. The van der Waals surface area contributed by atoms with E-state index in [9.17, 15) is 14.4 Å². The lowest BCUT2D eigenvalue weighted by Gasteiger charge is -2.26. The third-order valence-electron chi connectivity index (χ3n) is 5.15. The standard InChI is InChI=1S/C19H29N5O4/c1-3-23-17-15(18(26)24(4-2)19(23)27)6-9-22(17)14-16(25)20-7-5-8-21-10-12-28-13-11-21/h6,9H,3-5,7-8,10-14H2,1-2H3,(H,20,25). The number of carbonyl (C=O) groups excluding carboxylic acids is 1. The SMILES string of the molecule is CCn1c(=O)c2ccn(CC(=O)NCCCN3CCOCC3)c2n(CC)c1=O. The van der Waals surface area contributed by atoms with E-state index in [0.29, 0.717) is 30.7 Å². The van der Waals surface area contributed by atoms with E-state index in [1.165, 1.54) is 4.57 Å². The topological polar surface area (TPSA) is 90.5 Å². The molecule has 0 aromatic carbocycles. The summed E-state index contributed by atoms with van der Waals surface area (Å²) in [6.07, 6.45) is 2.57. The van der Waals surface area contributed by atoms with Gasteiger partial charge < -0.3 is 14.6 Å². The number of hydrogen-bond acceptors (Lipinski definition) is 5. The van der Waals surface area contributed by atoms with Crippen molar-refractivity contribution < 1.29 is 9.53 Å². The number of aromatic nitrogens is 3. The Morgan fingerprint density at radius 2 is 1.86 bits per heavy atom. The maximum Gasteiger partial charge on any atom is 0.332 e. The van der Waals surface area contributed by atoms with Crippen LogP contribution >= 0.6 is 0 Å². The Morgan fingerprint density at radius 3 is 2.54 bits per heavy atom. The van der Waals surface area contributed by atoms with E-state index in [2.05, 4.69) is 10.2 Å². The second-order valence-corrected chi connectivity index (χ2v) is 6.91. The molecular weight excluding hydrogens is 362 g/mol. The number of morpholine rings is 1. The average Bonchev–Trinajstić information content (AvgIpc) is 3.10. The maximum atomic E-state index is 12.6. The quantitative estimate of drug-likeness (QED) is 0.632. The molecule has 0 saturated carbocycles. The third-order valence-corrected chi connectivity index (χ3v) is 5.15. The van der Waals surface area contributed by atoms with Crippen molar-refractivity contribution >= 4 is 16.9 Å². The first kappa shape index (κ1) is 20.3. The number of amides is 1. The molecule has 2 aromatic heterocycles. The molecule has 1 saturated heterocycles. The van der Waals surface area contributed by atoms with E-state index in [4.69, 9.17) is 4.74 Å². The Morgan fingerprint density at radius 1 is 1.14 bits per heavy atom. The highest BCUT2D eigenvalue weighted by Crippen LogP contribution is 2.10. The minimum absolute atomic E-state index is 0.0794.